The van der Waals surface area contributed by atoms with Crippen molar-refractivity contribution >= 4 is 23.4 Å². The van der Waals surface area contributed by atoms with Gasteiger partial charge in [0.2, 0.25) is 5.91 Å². The van der Waals surface area contributed by atoms with Crippen molar-refractivity contribution in [2.24, 2.45) is 0 Å². The third-order valence-corrected chi connectivity index (χ3v) is 6.06. The van der Waals surface area contributed by atoms with E-state index in [2.05, 4.69) is 15.5 Å². The minimum absolute atomic E-state index is 0.0749. The summed E-state index contributed by atoms with van der Waals surface area (Å²) >= 11 is 1.10. The highest BCUT2D eigenvalue weighted by atomic mass is 32.2. The molecule has 10 heteroatoms. The number of hydrogen-bond donors (Lipinski definition) is 1. The third kappa shape index (κ3) is 5.65. The molecule has 0 fully saturated rings. The molecule has 35 heavy (non-hydrogen) atoms. The fourth-order valence-electron chi connectivity index (χ4n) is 3.26. The molecule has 6 nitrogen and oxygen atoms in total. The highest BCUT2D eigenvalue weighted by Crippen LogP contribution is 2.31. The second kappa shape index (κ2) is 10.6. The molecule has 0 aliphatic heterocycles. The summed E-state index contributed by atoms with van der Waals surface area (Å²) in [6.07, 6.45) is -0.675. The topological polar surface area (TPSA) is 69.0 Å². The van der Waals surface area contributed by atoms with Gasteiger partial charge in [-0.25, -0.2) is 13.2 Å². The van der Waals surface area contributed by atoms with Crippen LogP contribution in [0, 0.1) is 17.5 Å². The summed E-state index contributed by atoms with van der Waals surface area (Å²) in [5, 5.41) is 10.6. The van der Waals surface area contributed by atoms with Crippen molar-refractivity contribution < 1.29 is 22.7 Å². The van der Waals surface area contributed by atoms with Gasteiger partial charge in [0.1, 0.15) is 11.6 Å². The molecule has 0 bridgehead atoms. The molecule has 4 rings (SSSR count). The third-order valence-electron chi connectivity index (χ3n) is 5.02. The first-order valence-corrected chi connectivity index (χ1v) is 11.6. The molecular weight excluding hydrogens is 477 g/mol. The van der Waals surface area contributed by atoms with Gasteiger partial charge in [0.15, 0.2) is 28.7 Å². The van der Waals surface area contributed by atoms with Crippen molar-refractivity contribution in [1.29, 1.82) is 0 Å². The Morgan fingerprint density at radius 3 is 2.37 bits per heavy atom. The van der Waals surface area contributed by atoms with Crippen molar-refractivity contribution in [3.8, 4) is 11.4 Å². The molecule has 0 radical (unpaired) electrons. The van der Waals surface area contributed by atoms with E-state index in [1.807, 2.05) is 30.3 Å². The lowest BCUT2D eigenvalue weighted by Crippen LogP contribution is -2.23. The average Bonchev–Trinajstić information content (AvgIpc) is 3.26. The van der Waals surface area contributed by atoms with Gasteiger partial charge in [-0.2, -0.15) is 0 Å². The number of rotatable bonds is 8. The normalized spacial score (nSPS) is 12.7. The standard InChI is InChI=1S/C25H21F3N4O2S/c1-15(34-22-11-7-6-10-19(22)27)23-30-31-25(32(23)18-8-4-3-5-9-18)35-16(2)24(33)29-21-13-12-17(26)14-20(21)28/h3-16H,1-2H3,(H,29,33). The maximum Gasteiger partial charge on any atom is 0.237 e. The molecule has 1 N–H and O–H groups in total. The van der Waals surface area contributed by atoms with Crippen molar-refractivity contribution in [2.45, 2.75) is 30.4 Å². The Morgan fingerprint density at radius 1 is 0.943 bits per heavy atom. The van der Waals surface area contributed by atoms with E-state index in [9.17, 15) is 18.0 Å². The van der Waals surface area contributed by atoms with Gasteiger partial charge in [0.05, 0.1) is 10.9 Å². The Balaban J connectivity index is 1.59. The number of thioether (sulfide) groups is 1. The fraction of sp³-hybridized carbons (Fsp3) is 0.160. The van der Waals surface area contributed by atoms with Crippen molar-refractivity contribution in [1.82, 2.24) is 14.8 Å². The first-order valence-electron chi connectivity index (χ1n) is 10.7. The van der Waals surface area contributed by atoms with Crippen LogP contribution in [0.25, 0.3) is 5.69 Å². The monoisotopic (exact) mass is 498 g/mol. The van der Waals surface area contributed by atoms with Crippen LogP contribution in [0.1, 0.15) is 25.8 Å². The van der Waals surface area contributed by atoms with Crippen LogP contribution in [0.15, 0.2) is 78.0 Å². The molecule has 2 unspecified atom stereocenters. The van der Waals surface area contributed by atoms with E-state index < -0.39 is 34.7 Å². The first kappa shape index (κ1) is 24.3. The summed E-state index contributed by atoms with van der Waals surface area (Å²) in [7, 11) is 0. The highest BCUT2D eigenvalue weighted by Gasteiger charge is 2.25. The van der Waals surface area contributed by atoms with Gasteiger partial charge >= 0.3 is 0 Å². The Morgan fingerprint density at radius 2 is 1.66 bits per heavy atom. The lowest BCUT2D eigenvalue weighted by atomic mass is 10.3. The van der Waals surface area contributed by atoms with Gasteiger partial charge in [0.25, 0.3) is 0 Å². The van der Waals surface area contributed by atoms with Crippen LogP contribution in [0.2, 0.25) is 0 Å². The zero-order valence-corrected chi connectivity index (χ0v) is 19.6. The molecule has 180 valence electrons. The summed E-state index contributed by atoms with van der Waals surface area (Å²) in [4.78, 5) is 12.7. The van der Waals surface area contributed by atoms with Gasteiger partial charge in [-0.05, 0) is 50.2 Å². The van der Waals surface area contributed by atoms with Crippen LogP contribution in [0.4, 0.5) is 18.9 Å². The van der Waals surface area contributed by atoms with E-state index in [0.29, 0.717) is 17.0 Å². The van der Waals surface area contributed by atoms with Gasteiger partial charge in [-0.1, -0.05) is 42.1 Å². The molecule has 2 atom stereocenters. The van der Waals surface area contributed by atoms with Crippen LogP contribution >= 0.6 is 11.8 Å². The van der Waals surface area contributed by atoms with E-state index in [4.69, 9.17) is 4.74 Å². The number of nitrogens with one attached hydrogen (secondary N) is 1. The van der Waals surface area contributed by atoms with Gasteiger partial charge in [-0.15, -0.1) is 10.2 Å². The Labute approximate surface area is 204 Å². The predicted molar refractivity (Wildman–Crippen MR) is 127 cm³/mol. The molecule has 1 aromatic heterocycles. The van der Waals surface area contributed by atoms with Crippen LogP contribution < -0.4 is 10.1 Å². The first-order chi connectivity index (χ1) is 16.8. The number of benzene rings is 3. The van der Waals surface area contributed by atoms with E-state index in [1.54, 1.807) is 30.5 Å². The quantitative estimate of drug-likeness (QED) is 0.304. The molecule has 1 heterocycles. The van der Waals surface area contributed by atoms with Crippen molar-refractivity contribution in [3.05, 3.63) is 96.1 Å². The Kier molecular flexibility index (Phi) is 7.40. The lowest BCUT2D eigenvalue weighted by Gasteiger charge is -2.18. The van der Waals surface area contributed by atoms with Crippen molar-refractivity contribution in [3.63, 3.8) is 0 Å². The summed E-state index contributed by atoms with van der Waals surface area (Å²) in [5.74, 6) is -2.13. The number of carbonyl (C=O) groups is 1. The van der Waals surface area contributed by atoms with Crippen LogP contribution in [-0.2, 0) is 4.79 Å². The number of halogens is 3. The zero-order chi connectivity index (χ0) is 24.9. The second-order valence-corrected chi connectivity index (χ2v) is 8.88. The molecule has 0 saturated carbocycles. The van der Waals surface area contributed by atoms with E-state index in [-0.39, 0.29) is 11.4 Å². The van der Waals surface area contributed by atoms with E-state index >= 15 is 0 Å². The number of para-hydroxylation sites is 2. The highest BCUT2D eigenvalue weighted by molar-refractivity contribution is 8.00. The van der Waals surface area contributed by atoms with Gasteiger partial charge in [0, 0.05) is 11.8 Å². The zero-order valence-electron chi connectivity index (χ0n) is 18.8. The Bertz CT molecular complexity index is 1330. The molecule has 0 aliphatic carbocycles. The molecule has 1 amide bonds. The predicted octanol–water partition coefficient (Wildman–Crippen LogP) is 5.94. The smallest absolute Gasteiger partial charge is 0.237 e. The largest absolute Gasteiger partial charge is 0.480 e. The summed E-state index contributed by atoms with van der Waals surface area (Å²) in [6.45, 7) is 3.35. The Hall–Kier alpha value is -3.79. The summed E-state index contributed by atoms with van der Waals surface area (Å²) in [6, 6.07) is 18.2. The number of carbonyl (C=O) groups excluding carboxylic acids is 1. The molecule has 0 saturated heterocycles. The number of aromatic nitrogens is 3. The molecule has 4 aromatic rings. The molecule has 3 aromatic carbocycles. The number of amides is 1. The van der Waals surface area contributed by atoms with Crippen molar-refractivity contribution in [2.75, 3.05) is 5.32 Å². The number of hydrogen-bond acceptors (Lipinski definition) is 5. The number of anilines is 1. The molecular formula is C25H21F3N4O2S. The van der Waals surface area contributed by atoms with Crippen LogP contribution in [0.3, 0.4) is 0 Å². The van der Waals surface area contributed by atoms with E-state index in [1.165, 1.54) is 12.1 Å². The SMILES string of the molecule is CC(Sc1nnc(C(C)Oc2ccccc2F)n1-c1ccccc1)C(=O)Nc1ccc(F)cc1F. The van der Waals surface area contributed by atoms with Gasteiger partial charge < -0.3 is 10.1 Å². The fourth-order valence-corrected chi connectivity index (χ4v) is 4.14. The van der Waals surface area contributed by atoms with Crippen LogP contribution in [0.5, 0.6) is 5.75 Å². The lowest BCUT2D eigenvalue weighted by molar-refractivity contribution is -0.115. The molecule has 0 aliphatic rings. The van der Waals surface area contributed by atoms with E-state index in [0.717, 1.165) is 29.6 Å². The second-order valence-electron chi connectivity index (χ2n) is 7.58. The minimum Gasteiger partial charge on any atom is -0.480 e. The number of nitrogens with zero attached hydrogens (tertiary/aromatic N) is 3. The minimum atomic E-state index is -0.871. The molecule has 0 spiro atoms. The van der Waals surface area contributed by atoms with Gasteiger partial charge in [-0.3, -0.25) is 9.36 Å². The maximum absolute atomic E-state index is 14.1. The summed E-state index contributed by atoms with van der Waals surface area (Å²) in [5.41, 5.74) is 0.595. The number of ether oxygens (including phenoxy) is 1. The average molecular weight is 499 g/mol. The summed E-state index contributed by atoms with van der Waals surface area (Å²) < 4.78 is 48.8. The maximum atomic E-state index is 14.1. The van der Waals surface area contributed by atoms with Crippen LogP contribution in [-0.4, -0.2) is 25.9 Å².